The van der Waals surface area contributed by atoms with E-state index < -0.39 is 9.84 Å². The van der Waals surface area contributed by atoms with Crippen LogP contribution in [-0.4, -0.2) is 42.3 Å². The number of fused-ring (bicyclic) bond motifs is 1. The van der Waals surface area contributed by atoms with Crippen LogP contribution in [0, 0.1) is 13.8 Å². The number of thioether (sulfide) groups is 1. The number of aryl methyl sites for hydroxylation is 2. The average molecular weight is 449 g/mol. The summed E-state index contributed by atoms with van der Waals surface area (Å²) in [6.45, 7) is 3.93. The van der Waals surface area contributed by atoms with Gasteiger partial charge in [0.25, 0.3) is 5.91 Å². The lowest BCUT2D eigenvalue weighted by Crippen LogP contribution is -2.38. The quantitative estimate of drug-likeness (QED) is 0.714. The van der Waals surface area contributed by atoms with Gasteiger partial charge >= 0.3 is 0 Å². The molecular weight excluding hydrogens is 428 g/mol. The minimum atomic E-state index is -3.11. The highest BCUT2D eigenvalue weighted by Gasteiger charge is 2.49. The summed E-state index contributed by atoms with van der Waals surface area (Å²) >= 11 is 7.59. The second-order valence-electron chi connectivity index (χ2n) is 7.56. The minimum Gasteiger partial charge on any atom is -0.315 e. The van der Waals surface area contributed by atoms with Crippen molar-refractivity contribution < 1.29 is 13.2 Å². The number of hydrogen-bond acceptors (Lipinski definition) is 4. The number of carbonyl (C=O) groups excluding carboxylic acids is 1. The highest BCUT2D eigenvalue weighted by atomic mass is 35.5. The predicted molar refractivity (Wildman–Crippen MR) is 120 cm³/mol. The lowest BCUT2D eigenvalue weighted by atomic mass is 10.1. The number of rotatable bonds is 3. The van der Waals surface area contributed by atoms with Gasteiger partial charge in [0.05, 0.1) is 24.0 Å². The van der Waals surface area contributed by atoms with Crippen molar-refractivity contribution in [2.45, 2.75) is 31.6 Å². The topological polar surface area (TPSA) is 66.8 Å². The molecule has 0 saturated carbocycles. The molecule has 0 bridgehead atoms. The minimum absolute atomic E-state index is 0.0573. The van der Waals surface area contributed by atoms with E-state index in [4.69, 9.17) is 11.6 Å². The van der Waals surface area contributed by atoms with Crippen molar-refractivity contribution >= 4 is 50.0 Å². The van der Waals surface area contributed by atoms with Gasteiger partial charge in [-0.3, -0.25) is 4.79 Å². The smallest absolute Gasteiger partial charge is 0.252 e. The molecule has 0 radical (unpaired) electrons. The first kappa shape index (κ1) is 20.4. The van der Waals surface area contributed by atoms with Crippen molar-refractivity contribution in [2.24, 2.45) is 4.99 Å². The molecule has 2 aliphatic rings. The molecule has 0 spiro atoms. The Morgan fingerprint density at radius 3 is 2.76 bits per heavy atom. The number of nitrogens with zero attached hydrogens (tertiary/aromatic N) is 2. The molecule has 2 aliphatic heterocycles. The summed E-state index contributed by atoms with van der Waals surface area (Å²) in [5, 5.41) is 0.979. The Bertz CT molecular complexity index is 1110. The second kappa shape index (κ2) is 7.78. The van der Waals surface area contributed by atoms with Gasteiger partial charge in [0, 0.05) is 16.0 Å². The van der Waals surface area contributed by atoms with E-state index in [1.54, 1.807) is 6.07 Å². The number of sulfone groups is 1. The number of anilines is 1. The zero-order valence-electron chi connectivity index (χ0n) is 16.1. The van der Waals surface area contributed by atoms with E-state index in [0.717, 1.165) is 22.4 Å². The SMILES string of the molecule is Cc1cccc(CC(=O)N=C2S[C@H]3CS(=O)(=O)C[C@@H]3N2c2cc(Cl)ccc2C)c1. The van der Waals surface area contributed by atoms with Crippen molar-refractivity contribution in [3.05, 3.63) is 64.2 Å². The second-order valence-corrected chi connectivity index (χ2v) is 11.4. The molecule has 0 N–H and O–H groups in total. The molecular formula is C21H21ClN2O3S2. The van der Waals surface area contributed by atoms with Gasteiger partial charge in [-0.1, -0.05) is 59.3 Å². The van der Waals surface area contributed by atoms with Gasteiger partial charge in [-0.2, -0.15) is 4.99 Å². The van der Waals surface area contributed by atoms with Crippen LogP contribution in [0.3, 0.4) is 0 Å². The van der Waals surface area contributed by atoms with E-state index in [-0.39, 0.29) is 35.1 Å². The molecule has 152 valence electrons. The molecule has 5 nitrogen and oxygen atoms in total. The first-order chi connectivity index (χ1) is 13.7. The van der Waals surface area contributed by atoms with Crippen LogP contribution < -0.4 is 4.90 Å². The average Bonchev–Trinajstić information content (AvgIpc) is 3.08. The van der Waals surface area contributed by atoms with Crippen molar-refractivity contribution in [1.82, 2.24) is 0 Å². The number of aliphatic imine (C=N–C) groups is 1. The third kappa shape index (κ3) is 4.37. The molecule has 2 atom stereocenters. The molecule has 0 aromatic heterocycles. The number of carbonyl (C=O) groups is 1. The first-order valence-electron chi connectivity index (χ1n) is 9.31. The van der Waals surface area contributed by atoms with Gasteiger partial charge in [0.15, 0.2) is 15.0 Å². The largest absolute Gasteiger partial charge is 0.315 e. The lowest BCUT2D eigenvalue weighted by molar-refractivity contribution is -0.117. The third-order valence-corrected chi connectivity index (χ3v) is 8.60. The van der Waals surface area contributed by atoms with E-state index >= 15 is 0 Å². The molecule has 8 heteroatoms. The van der Waals surface area contributed by atoms with Crippen LogP contribution in [0.15, 0.2) is 47.5 Å². The van der Waals surface area contributed by atoms with Crippen LogP contribution in [-0.2, 0) is 21.1 Å². The van der Waals surface area contributed by atoms with Gasteiger partial charge < -0.3 is 4.90 Å². The Balaban J connectivity index is 1.68. The molecule has 2 aromatic rings. The van der Waals surface area contributed by atoms with E-state index in [2.05, 4.69) is 4.99 Å². The first-order valence-corrected chi connectivity index (χ1v) is 12.4. The Labute approximate surface area is 180 Å². The monoisotopic (exact) mass is 448 g/mol. The van der Waals surface area contributed by atoms with Gasteiger partial charge in [-0.15, -0.1) is 0 Å². The van der Waals surface area contributed by atoms with Gasteiger partial charge in [0.2, 0.25) is 0 Å². The maximum atomic E-state index is 12.7. The maximum Gasteiger partial charge on any atom is 0.252 e. The predicted octanol–water partition coefficient (Wildman–Crippen LogP) is 3.80. The Kier molecular flexibility index (Phi) is 5.48. The summed E-state index contributed by atoms with van der Waals surface area (Å²) in [7, 11) is -3.11. The van der Waals surface area contributed by atoms with E-state index in [1.807, 2.05) is 55.1 Å². The number of amides is 1. The van der Waals surface area contributed by atoms with Crippen LogP contribution in [0.1, 0.15) is 16.7 Å². The summed E-state index contributed by atoms with van der Waals surface area (Å²) in [6, 6.07) is 13.0. The van der Waals surface area contributed by atoms with Crippen LogP contribution in [0.25, 0.3) is 0 Å². The zero-order chi connectivity index (χ0) is 20.8. The highest BCUT2D eigenvalue weighted by molar-refractivity contribution is 8.16. The number of benzene rings is 2. The summed E-state index contributed by atoms with van der Waals surface area (Å²) in [5.74, 6) is -0.0868. The molecule has 2 saturated heterocycles. The van der Waals surface area contributed by atoms with Crippen molar-refractivity contribution in [2.75, 3.05) is 16.4 Å². The fraction of sp³-hybridized carbons (Fsp3) is 0.333. The van der Waals surface area contributed by atoms with Crippen LogP contribution in [0.5, 0.6) is 0 Å². The zero-order valence-corrected chi connectivity index (χ0v) is 18.5. The van der Waals surface area contributed by atoms with Crippen molar-refractivity contribution in [3.63, 3.8) is 0 Å². The van der Waals surface area contributed by atoms with E-state index in [0.29, 0.717) is 10.2 Å². The van der Waals surface area contributed by atoms with E-state index in [9.17, 15) is 13.2 Å². The fourth-order valence-electron chi connectivity index (χ4n) is 3.83. The Hall–Kier alpha value is -1.83. The molecule has 4 rings (SSSR count). The lowest BCUT2D eigenvalue weighted by Gasteiger charge is -2.26. The number of halogens is 1. The summed E-state index contributed by atoms with van der Waals surface area (Å²) in [5.41, 5.74) is 3.76. The van der Waals surface area contributed by atoms with E-state index in [1.165, 1.54) is 11.8 Å². The fourth-order valence-corrected chi connectivity index (χ4v) is 7.92. The summed E-state index contributed by atoms with van der Waals surface area (Å²) < 4.78 is 24.4. The van der Waals surface area contributed by atoms with Crippen molar-refractivity contribution in [3.8, 4) is 0 Å². The maximum absolute atomic E-state index is 12.7. The van der Waals surface area contributed by atoms with Gasteiger partial charge in [0.1, 0.15) is 0 Å². The van der Waals surface area contributed by atoms with Crippen LogP contribution in [0.2, 0.25) is 5.02 Å². The normalized spacial score (nSPS) is 24.1. The van der Waals surface area contributed by atoms with Crippen molar-refractivity contribution in [1.29, 1.82) is 0 Å². The van der Waals surface area contributed by atoms with Crippen LogP contribution in [0.4, 0.5) is 5.69 Å². The summed E-state index contributed by atoms with van der Waals surface area (Å²) in [4.78, 5) is 19.0. The summed E-state index contributed by atoms with van der Waals surface area (Å²) in [6.07, 6.45) is 0.210. The molecule has 0 unspecified atom stereocenters. The molecule has 2 heterocycles. The molecule has 2 fully saturated rings. The molecule has 2 aromatic carbocycles. The highest BCUT2D eigenvalue weighted by Crippen LogP contribution is 2.42. The standard InChI is InChI=1S/C21H21ClN2O3S2/c1-13-4-3-5-15(8-13)9-20(25)23-21-24(17-10-16(22)7-6-14(17)2)18-11-29(26,27)12-19(18)28-21/h3-8,10,18-19H,9,11-12H2,1-2H3/t18-,19-/m0/s1. The van der Waals surface area contributed by atoms with Gasteiger partial charge in [-0.05, 0) is 37.1 Å². The number of amidine groups is 1. The van der Waals surface area contributed by atoms with Gasteiger partial charge in [-0.25, -0.2) is 8.42 Å². The Morgan fingerprint density at radius 1 is 1.21 bits per heavy atom. The molecule has 29 heavy (non-hydrogen) atoms. The molecule has 0 aliphatic carbocycles. The third-order valence-electron chi connectivity index (χ3n) is 5.16. The number of hydrogen-bond donors (Lipinski definition) is 0. The Morgan fingerprint density at radius 2 is 2.00 bits per heavy atom. The van der Waals surface area contributed by atoms with Crippen LogP contribution >= 0.6 is 23.4 Å². The molecule has 1 amide bonds.